The number of rotatable bonds is 4. The molecule has 0 fully saturated rings. The van der Waals surface area contributed by atoms with Gasteiger partial charge < -0.3 is 15.5 Å². The fourth-order valence-electron chi connectivity index (χ4n) is 1.28. The zero-order valence-corrected chi connectivity index (χ0v) is 11.9. The van der Waals surface area contributed by atoms with Gasteiger partial charge in [0.2, 0.25) is 0 Å². The Morgan fingerprint density at radius 1 is 1.47 bits per heavy atom. The van der Waals surface area contributed by atoms with Crippen LogP contribution in [0.1, 0.15) is 24.2 Å². The van der Waals surface area contributed by atoms with Crippen molar-refractivity contribution in [1.29, 1.82) is 0 Å². The second kappa shape index (κ2) is 5.66. The largest absolute Gasteiger partial charge is 0.479 e. The Bertz CT molecular complexity index is 520. The number of carboxylic acids is 1. The van der Waals surface area contributed by atoms with Crippen molar-refractivity contribution in [2.24, 2.45) is 0 Å². The Morgan fingerprint density at radius 3 is 2.47 bits per heavy atom. The van der Waals surface area contributed by atoms with Gasteiger partial charge in [0.15, 0.2) is 5.54 Å². The van der Waals surface area contributed by atoms with E-state index in [1.165, 1.54) is 26.0 Å². The van der Waals surface area contributed by atoms with E-state index in [4.69, 9.17) is 5.11 Å². The molecule has 7 heteroatoms. The van der Waals surface area contributed by atoms with Gasteiger partial charge in [-0.15, -0.1) is 0 Å². The third kappa shape index (κ3) is 3.30. The van der Waals surface area contributed by atoms with Gasteiger partial charge in [-0.05, 0) is 48.0 Å². The lowest BCUT2D eigenvalue weighted by Crippen LogP contribution is -2.59. The zero-order valence-electron chi connectivity index (χ0n) is 10.3. The minimum Gasteiger partial charge on any atom is -0.479 e. The van der Waals surface area contributed by atoms with E-state index in [1.54, 1.807) is 0 Å². The molecule has 0 aromatic heterocycles. The molecule has 0 bridgehead atoms. The minimum atomic E-state index is -1.82. The first-order valence-electron chi connectivity index (χ1n) is 5.37. The number of carboxylic acid groups (broad SMARTS) is 1. The number of aliphatic hydroxyl groups is 1. The summed E-state index contributed by atoms with van der Waals surface area (Å²) in [5, 5.41) is 20.7. The Hall–Kier alpha value is -1.47. The van der Waals surface area contributed by atoms with Crippen LogP contribution in [0, 0.1) is 5.82 Å². The summed E-state index contributed by atoms with van der Waals surface area (Å²) in [6.07, 6.45) is -1.29. The van der Waals surface area contributed by atoms with Crippen LogP contribution in [0.2, 0.25) is 0 Å². The van der Waals surface area contributed by atoms with E-state index < -0.39 is 29.3 Å². The van der Waals surface area contributed by atoms with Crippen molar-refractivity contribution >= 4 is 27.8 Å². The standard InChI is InChI=1S/C12H13BrFNO4/c1-6(16)12(2,11(18)19)15-10(17)7-3-4-9(14)8(13)5-7/h3-6,16H,1-2H3,(H,15,17)(H,18,19)/t6-,12+/m1/s1. The van der Waals surface area contributed by atoms with E-state index in [0.29, 0.717) is 0 Å². The summed E-state index contributed by atoms with van der Waals surface area (Å²) in [7, 11) is 0. The molecule has 0 unspecified atom stereocenters. The average molecular weight is 334 g/mol. The topological polar surface area (TPSA) is 86.6 Å². The highest BCUT2D eigenvalue weighted by Crippen LogP contribution is 2.18. The van der Waals surface area contributed by atoms with Gasteiger partial charge in [0, 0.05) is 5.56 Å². The first-order chi connectivity index (χ1) is 8.68. The molecule has 1 aromatic carbocycles. The van der Waals surface area contributed by atoms with E-state index >= 15 is 0 Å². The van der Waals surface area contributed by atoms with Gasteiger partial charge in [0.25, 0.3) is 5.91 Å². The van der Waals surface area contributed by atoms with Crippen LogP contribution in [-0.4, -0.2) is 33.7 Å². The number of aliphatic carboxylic acids is 1. The Labute approximate surface area is 117 Å². The quantitative estimate of drug-likeness (QED) is 0.780. The molecule has 0 aliphatic rings. The molecule has 5 nitrogen and oxygen atoms in total. The third-order valence-electron chi connectivity index (χ3n) is 2.83. The number of hydrogen-bond acceptors (Lipinski definition) is 3. The summed E-state index contributed by atoms with van der Waals surface area (Å²) in [6, 6.07) is 3.54. The van der Waals surface area contributed by atoms with Crippen LogP contribution in [0.4, 0.5) is 4.39 Å². The maximum absolute atomic E-state index is 13.0. The third-order valence-corrected chi connectivity index (χ3v) is 3.44. The number of hydrogen-bond donors (Lipinski definition) is 3. The van der Waals surface area contributed by atoms with Gasteiger partial charge in [-0.2, -0.15) is 0 Å². The number of carbonyl (C=O) groups is 2. The van der Waals surface area contributed by atoms with Crippen molar-refractivity contribution in [3.8, 4) is 0 Å². The van der Waals surface area contributed by atoms with Crippen molar-refractivity contribution in [1.82, 2.24) is 5.32 Å². The summed E-state index contributed by atoms with van der Waals surface area (Å²) < 4.78 is 13.1. The summed E-state index contributed by atoms with van der Waals surface area (Å²) in [5.74, 6) is -2.61. The lowest BCUT2D eigenvalue weighted by atomic mass is 9.95. The molecule has 0 saturated heterocycles. The van der Waals surface area contributed by atoms with Crippen molar-refractivity contribution < 1.29 is 24.2 Å². The summed E-state index contributed by atoms with van der Waals surface area (Å²) in [6.45, 7) is 2.45. The molecule has 1 aromatic rings. The van der Waals surface area contributed by atoms with Crippen LogP contribution >= 0.6 is 15.9 Å². The fraction of sp³-hybridized carbons (Fsp3) is 0.333. The Kier molecular flexibility index (Phi) is 4.65. The van der Waals surface area contributed by atoms with Crippen LogP contribution < -0.4 is 5.32 Å². The molecule has 104 valence electrons. The predicted molar refractivity (Wildman–Crippen MR) is 69.3 cm³/mol. The molecule has 0 radical (unpaired) electrons. The van der Waals surface area contributed by atoms with Gasteiger partial charge in [-0.3, -0.25) is 4.79 Å². The molecule has 0 spiro atoms. The monoisotopic (exact) mass is 333 g/mol. The van der Waals surface area contributed by atoms with Crippen LogP contribution in [0.25, 0.3) is 0 Å². The molecule has 1 rings (SSSR count). The lowest BCUT2D eigenvalue weighted by molar-refractivity contribution is -0.148. The van der Waals surface area contributed by atoms with E-state index in [2.05, 4.69) is 21.2 Å². The normalized spacial score (nSPS) is 15.4. The van der Waals surface area contributed by atoms with Gasteiger partial charge in [-0.25, -0.2) is 9.18 Å². The maximum atomic E-state index is 13.0. The molecule has 2 atom stereocenters. The first-order valence-corrected chi connectivity index (χ1v) is 6.17. The fourth-order valence-corrected chi connectivity index (χ4v) is 1.66. The van der Waals surface area contributed by atoms with Gasteiger partial charge in [0.1, 0.15) is 5.82 Å². The molecular formula is C12H13BrFNO4. The molecule has 0 heterocycles. The van der Waals surface area contributed by atoms with Crippen molar-refractivity contribution in [2.75, 3.05) is 0 Å². The van der Waals surface area contributed by atoms with Crippen molar-refractivity contribution in [3.05, 3.63) is 34.1 Å². The molecule has 3 N–H and O–H groups in total. The molecule has 0 aliphatic carbocycles. The molecular weight excluding hydrogens is 321 g/mol. The van der Waals surface area contributed by atoms with Gasteiger partial charge in [-0.1, -0.05) is 0 Å². The number of amides is 1. The number of halogens is 2. The van der Waals surface area contributed by atoms with Gasteiger partial charge >= 0.3 is 5.97 Å². The summed E-state index contributed by atoms with van der Waals surface area (Å²) in [4.78, 5) is 23.0. The average Bonchev–Trinajstić information content (AvgIpc) is 2.31. The molecule has 0 saturated carbocycles. The smallest absolute Gasteiger partial charge is 0.331 e. The lowest BCUT2D eigenvalue weighted by Gasteiger charge is -2.29. The van der Waals surface area contributed by atoms with Crippen LogP contribution in [-0.2, 0) is 4.79 Å². The predicted octanol–water partition coefficient (Wildman–Crippen LogP) is 1.54. The van der Waals surface area contributed by atoms with E-state index in [1.807, 2.05) is 0 Å². The van der Waals surface area contributed by atoms with Gasteiger partial charge in [0.05, 0.1) is 10.6 Å². The summed E-state index contributed by atoms with van der Waals surface area (Å²) >= 11 is 2.93. The maximum Gasteiger partial charge on any atom is 0.331 e. The number of carbonyl (C=O) groups excluding carboxylic acids is 1. The number of benzene rings is 1. The molecule has 19 heavy (non-hydrogen) atoms. The minimum absolute atomic E-state index is 0.0846. The first kappa shape index (κ1) is 15.6. The Balaban J connectivity index is 3.01. The SMILES string of the molecule is C[C@@H](O)[C@](C)(NC(=O)c1ccc(F)c(Br)c1)C(=O)O. The molecule has 1 amide bonds. The van der Waals surface area contributed by atoms with Crippen LogP contribution in [0.5, 0.6) is 0 Å². The van der Waals surface area contributed by atoms with Crippen LogP contribution in [0.15, 0.2) is 22.7 Å². The van der Waals surface area contributed by atoms with E-state index in [9.17, 15) is 19.1 Å². The number of nitrogens with one attached hydrogen (secondary N) is 1. The highest BCUT2D eigenvalue weighted by molar-refractivity contribution is 9.10. The molecule has 0 aliphatic heterocycles. The second-order valence-electron chi connectivity index (χ2n) is 4.27. The van der Waals surface area contributed by atoms with E-state index in [0.717, 1.165) is 6.07 Å². The second-order valence-corrected chi connectivity index (χ2v) is 5.12. The van der Waals surface area contributed by atoms with E-state index in [-0.39, 0.29) is 10.0 Å². The van der Waals surface area contributed by atoms with Crippen molar-refractivity contribution in [3.63, 3.8) is 0 Å². The highest BCUT2D eigenvalue weighted by Gasteiger charge is 2.40. The van der Waals surface area contributed by atoms with Crippen LogP contribution in [0.3, 0.4) is 0 Å². The van der Waals surface area contributed by atoms with Crippen molar-refractivity contribution in [2.45, 2.75) is 25.5 Å². The number of aliphatic hydroxyl groups excluding tert-OH is 1. The zero-order chi connectivity index (χ0) is 14.8. The highest BCUT2D eigenvalue weighted by atomic mass is 79.9. The Morgan fingerprint density at radius 2 is 2.05 bits per heavy atom. The summed E-state index contributed by atoms with van der Waals surface area (Å²) in [5.41, 5.74) is -1.74.